The molecule has 3 atom stereocenters. The zero-order valence-corrected chi connectivity index (χ0v) is 14.8. The highest BCUT2D eigenvalue weighted by Gasteiger charge is 2.35. The molecular weight excluding hydrogens is 276 g/mol. The molecule has 122 valence electrons. The second kappa shape index (κ2) is 9.82. The van der Waals surface area contributed by atoms with Gasteiger partial charge in [-0.2, -0.15) is 0 Å². The van der Waals surface area contributed by atoms with Gasteiger partial charge in [-0.3, -0.25) is 4.21 Å². The monoisotopic (exact) mass is 310 g/mol. The van der Waals surface area contributed by atoms with Gasteiger partial charge in [-0.05, 0) is 32.1 Å². The predicted molar refractivity (Wildman–Crippen MR) is 94.1 cm³/mol. The third-order valence-electron chi connectivity index (χ3n) is 5.16. The van der Waals surface area contributed by atoms with E-state index in [1.54, 1.807) is 5.57 Å². The van der Waals surface area contributed by atoms with Crippen LogP contribution >= 0.6 is 0 Å². The molecule has 0 aliphatic carbocycles. The van der Waals surface area contributed by atoms with E-state index < -0.39 is 10.8 Å². The van der Waals surface area contributed by atoms with Crippen LogP contribution in [0.5, 0.6) is 0 Å². The van der Waals surface area contributed by atoms with E-state index >= 15 is 0 Å². The summed E-state index contributed by atoms with van der Waals surface area (Å²) in [5.74, 6) is 0. The molecule has 1 nitrogen and oxygen atoms in total. The minimum Gasteiger partial charge on any atom is -0.259 e. The van der Waals surface area contributed by atoms with Crippen LogP contribution in [0.25, 0.3) is 0 Å². The lowest BCUT2D eigenvalue weighted by Crippen LogP contribution is -2.20. The first kappa shape index (κ1) is 17.2. The highest BCUT2D eigenvalue weighted by molar-refractivity contribution is 7.86. The van der Waals surface area contributed by atoms with Crippen molar-refractivity contribution in [2.24, 2.45) is 0 Å². The Labute approximate surface area is 134 Å². The maximum absolute atomic E-state index is 11.9. The number of allylic oxidation sites excluding steroid dienone is 1. The molecule has 2 heteroatoms. The lowest BCUT2D eigenvalue weighted by atomic mass is 10.0. The Morgan fingerprint density at radius 3 is 2.19 bits per heavy atom. The molecule has 0 aromatic heterocycles. The van der Waals surface area contributed by atoms with Gasteiger partial charge < -0.3 is 0 Å². The Morgan fingerprint density at radius 2 is 1.57 bits per heavy atom. The molecule has 1 saturated heterocycles. The highest BCUT2D eigenvalue weighted by Crippen LogP contribution is 2.36. The molecule has 21 heavy (non-hydrogen) atoms. The highest BCUT2D eigenvalue weighted by atomic mass is 32.2. The van der Waals surface area contributed by atoms with Gasteiger partial charge in [-0.15, -0.1) is 0 Å². The quantitative estimate of drug-likeness (QED) is 0.342. The van der Waals surface area contributed by atoms with E-state index in [1.807, 2.05) is 0 Å². The van der Waals surface area contributed by atoms with Gasteiger partial charge in [0, 0.05) is 16.0 Å². The van der Waals surface area contributed by atoms with Crippen molar-refractivity contribution in [3.8, 4) is 0 Å². The predicted octanol–water partition coefficient (Wildman–Crippen LogP) is 5.91. The number of rotatable bonds is 11. The van der Waals surface area contributed by atoms with Crippen molar-refractivity contribution in [1.29, 1.82) is 0 Å². The van der Waals surface area contributed by atoms with E-state index in [4.69, 9.17) is 0 Å². The van der Waals surface area contributed by atoms with Gasteiger partial charge in [0.05, 0.1) is 5.25 Å². The average Bonchev–Trinajstić information content (AvgIpc) is 2.72. The van der Waals surface area contributed by atoms with Crippen LogP contribution in [-0.2, 0) is 10.8 Å². The van der Waals surface area contributed by atoms with E-state index in [0.29, 0.717) is 10.5 Å². The SMILES string of the molecule is CCCCCCCCCCCCC1=CC2CCC(C1)S2=O. The zero-order chi connectivity index (χ0) is 14.9. The van der Waals surface area contributed by atoms with Gasteiger partial charge >= 0.3 is 0 Å². The van der Waals surface area contributed by atoms with E-state index in [1.165, 1.54) is 83.5 Å². The van der Waals surface area contributed by atoms with E-state index in [0.717, 1.165) is 6.42 Å². The first-order valence-corrected chi connectivity index (χ1v) is 10.7. The topological polar surface area (TPSA) is 17.1 Å². The van der Waals surface area contributed by atoms with E-state index in [2.05, 4.69) is 13.0 Å². The summed E-state index contributed by atoms with van der Waals surface area (Å²) in [4.78, 5) is 0. The van der Waals surface area contributed by atoms with Crippen molar-refractivity contribution < 1.29 is 4.21 Å². The number of hydrogen-bond donors (Lipinski definition) is 0. The molecule has 0 aromatic rings. The van der Waals surface area contributed by atoms with Crippen molar-refractivity contribution in [1.82, 2.24) is 0 Å². The van der Waals surface area contributed by atoms with Crippen LogP contribution in [0.15, 0.2) is 11.6 Å². The minimum atomic E-state index is -0.531. The molecule has 0 amide bonds. The molecule has 3 unspecified atom stereocenters. The molecule has 2 bridgehead atoms. The fourth-order valence-electron chi connectivity index (χ4n) is 3.81. The summed E-state index contributed by atoms with van der Waals surface area (Å²) in [5, 5.41) is 0.931. The summed E-state index contributed by atoms with van der Waals surface area (Å²) < 4.78 is 11.9. The van der Waals surface area contributed by atoms with Crippen LogP contribution < -0.4 is 0 Å². The van der Waals surface area contributed by atoms with Crippen LogP contribution in [0.2, 0.25) is 0 Å². The van der Waals surface area contributed by atoms with E-state index in [9.17, 15) is 4.21 Å². The van der Waals surface area contributed by atoms with Crippen LogP contribution in [-0.4, -0.2) is 14.7 Å². The summed E-state index contributed by atoms with van der Waals surface area (Å²) in [6.45, 7) is 2.28. The molecule has 2 aliphatic rings. The Morgan fingerprint density at radius 1 is 0.952 bits per heavy atom. The fraction of sp³-hybridized carbons (Fsp3) is 0.895. The summed E-state index contributed by atoms with van der Waals surface area (Å²) >= 11 is 0. The Bertz CT molecular complexity index is 347. The Balaban J connectivity index is 1.44. The molecule has 2 aliphatic heterocycles. The summed E-state index contributed by atoms with van der Waals surface area (Å²) in [5.41, 5.74) is 1.63. The van der Waals surface area contributed by atoms with Crippen molar-refractivity contribution in [2.45, 2.75) is 107 Å². The maximum atomic E-state index is 11.9. The van der Waals surface area contributed by atoms with Gasteiger partial charge in [0.15, 0.2) is 0 Å². The van der Waals surface area contributed by atoms with E-state index in [-0.39, 0.29) is 0 Å². The second-order valence-electron chi connectivity index (χ2n) is 7.03. The van der Waals surface area contributed by atoms with Crippen LogP contribution in [0.4, 0.5) is 0 Å². The number of unbranched alkanes of at least 4 members (excludes halogenated alkanes) is 9. The van der Waals surface area contributed by atoms with Gasteiger partial charge in [-0.1, -0.05) is 76.4 Å². The number of fused-ring (bicyclic) bond motifs is 2. The molecule has 1 fully saturated rings. The van der Waals surface area contributed by atoms with Crippen molar-refractivity contribution in [3.63, 3.8) is 0 Å². The van der Waals surface area contributed by atoms with Gasteiger partial charge in [0.2, 0.25) is 0 Å². The lowest BCUT2D eigenvalue weighted by Gasteiger charge is -2.19. The van der Waals surface area contributed by atoms with Crippen LogP contribution in [0, 0.1) is 0 Å². The fourth-order valence-corrected chi connectivity index (χ4v) is 5.75. The summed E-state index contributed by atoms with van der Waals surface area (Å²) in [6.07, 6.45) is 21.3. The third-order valence-corrected chi connectivity index (χ3v) is 7.19. The smallest absolute Gasteiger partial charge is 0.0533 e. The lowest BCUT2D eigenvalue weighted by molar-refractivity contribution is 0.554. The first-order chi connectivity index (χ1) is 10.3. The molecule has 2 rings (SSSR count). The van der Waals surface area contributed by atoms with Gasteiger partial charge in [-0.25, -0.2) is 0 Å². The van der Waals surface area contributed by atoms with Crippen molar-refractivity contribution in [3.05, 3.63) is 11.6 Å². The molecule has 0 radical (unpaired) electrons. The molecule has 0 saturated carbocycles. The Kier molecular flexibility index (Phi) is 8.06. The zero-order valence-electron chi connectivity index (χ0n) is 13.9. The van der Waals surface area contributed by atoms with Crippen LogP contribution in [0.1, 0.15) is 96.8 Å². The molecule has 0 aromatic carbocycles. The second-order valence-corrected chi connectivity index (χ2v) is 8.96. The van der Waals surface area contributed by atoms with Gasteiger partial charge in [0.1, 0.15) is 0 Å². The van der Waals surface area contributed by atoms with Crippen molar-refractivity contribution in [2.75, 3.05) is 0 Å². The molecule has 0 N–H and O–H groups in total. The summed E-state index contributed by atoms with van der Waals surface area (Å²) in [6, 6.07) is 0. The number of hydrogen-bond acceptors (Lipinski definition) is 1. The molecule has 0 spiro atoms. The average molecular weight is 311 g/mol. The minimum absolute atomic E-state index is 0.418. The molecule has 2 heterocycles. The largest absolute Gasteiger partial charge is 0.259 e. The third kappa shape index (κ3) is 5.88. The standard InChI is InChI=1S/C19H34OS/c1-2-3-4-5-6-7-8-9-10-11-12-17-15-18-13-14-19(16-17)21(18)20/h15,18-19H,2-14,16H2,1H3. The van der Waals surface area contributed by atoms with Crippen molar-refractivity contribution >= 4 is 10.8 Å². The Hall–Kier alpha value is -0.110. The first-order valence-electron chi connectivity index (χ1n) is 9.40. The molecular formula is C19H34OS. The maximum Gasteiger partial charge on any atom is 0.0533 e. The summed E-state index contributed by atoms with van der Waals surface area (Å²) in [7, 11) is -0.531. The normalized spacial score (nSPS) is 27.9. The van der Waals surface area contributed by atoms with Gasteiger partial charge in [0.25, 0.3) is 0 Å². The van der Waals surface area contributed by atoms with Crippen LogP contribution in [0.3, 0.4) is 0 Å².